The number of thiazole rings is 1. The van der Waals surface area contributed by atoms with Crippen LogP contribution >= 0.6 is 22.9 Å². The topological polar surface area (TPSA) is 59.2 Å². The van der Waals surface area contributed by atoms with Crippen molar-refractivity contribution in [2.45, 2.75) is 20.8 Å². The molecule has 0 unspecified atom stereocenters. The minimum absolute atomic E-state index is 0.212. The van der Waals surface area contributed by atoms with E-state index in [9.17, 15) is 4.79 Å². The Balaban J connectivity index is 1.70. The third kappa shape index (κ3) is 3.76. The molecular weight excluding hydrogens is 418 g/mol. The zero-order chi connectivity index (χ0) is 21.3. The first-order valence-corrected chi connectivity index (χ1v) is 10.8. The van der Waals surface area contributed by atoms with Crippen LogP contribution in [-0.4, -0.2) is 22.6 Å². The zero-order valence-electron chi connectivity index (χ0n) is 16.8. The molecule has 0 spiro atoms. The number of halogens is 1. The molecule has 0 fully saturated rings. The minimum atomic E-state index is -0.212. The maximum Gasteiger partial charge on any atom is 0.265 e. The van der Waals surface area contributed by atoms with Gasteiger partial charge in [-0.2, -0.15) is 0 Å². The van der Waals surface area contributed by atoms with Gasteiger partial charge < -0.3 is 4.52 Å². The first-order valence-electron chi connectivity index (χ1n) is 9.55. The second kappa shape index (κ2) is 8.42. The normalized spacial score (nSPS) is 10.9. The number of aryl methyl sites for hydroxylation is 2. The van der Waals surface area contributed by atoms with Crippen LogP contribution in [0, 0.1) is 13.8 Å². The van der Waals surface area contributed by atoms with Crippen molar-refractivity contribution in [1.29, 1.82) is 0 Å². The lowest BCUT2D eigenvalue weighted by atomic mass is 10.1. The van der Waals surface area contributed by atoms with Crippen LogP contribution in [0.15, 0.2) is 58.4 Å². The average Bonchev–Trinajstić information content (AvgIpc) is 3.37. The van der Waals surface area contributed by atoms with Crippen LogP contribution in [0.5, 0.6) is 0 Å². The third-order valence-corrected chi connectivity index (χ3v) is 6.03. The van der Waals surface area contributed by atoms with Gasteiger partial charge in [-0.1, -0.05) is 64.8 Å². The van der Waals surface area contributed by atoms with Crippen LogP contribution < -0.4 is 4.90 Å². The SMILES string of the molecule is CCN(C(=O)c1c(-c2ccccc2Cl)noc1C)c1nc(-c2ccc(C)cc2)cs1. The molecule has 0 aliphatic heterocycles. The number of anilines is 1. The molecule has 0 saturated carbocycles. The van der Waals surface area contributed by atoms with Crippen molar-refractivity contribution in [2.75, 3.05) is 11.4 Å². The number of nitrogens with zero attached hydrogens (tertiary/aromatic N) is 3. The van der Waals surface area contributed by atoms with E-state index in [-0.39, 0.29) is 5.91 Å². The Hall–Kier alpha value is -2.96. The third-order valence-electron chi connectivity index (χ3n) is 4.84. The van der Waals surface area contributed by atoms with E-state index in [1.807, 2.05) is 61.7 Å². The Morgan fingerprint density at radius 1 is 1.13 bits per heavy atom. The Bertz CT molecular complexity index is 1200. The van der Waals surface area contributed by atoms with Crippen LogP contribution in [-0.2, 0) is 0 Å². The number of carbonyl (C=O) groups is 1. The van der Waals surface area contributed by atoms with Crippen molar-refractivity contribution in [3.63, 3.8) is 0 Å². The maximum absolute atomic E-state index is 13.5. The molecule has 0 atom stereocenters. The molecule has 152 valence electrons. The highest BCUT2D eigenvalue weighted by atomic mass is 35.5. The molecule has 7 heteroatoms. The largest absolute Gasteiger partial charge is 0.360 e. The average molecular weight is 438 g/mol. The van der Waals surface area contributed by atoms with Gasteiger partial charge in [-0.05, 0) is 26.8 Å². The lowest BCUT2D eigenvalue weighted by Gasteiger charge is -2.18. The highest BCUT2D eigenvalue weighted by molar-refractivity contribution is 7.14. The van der Waals surface area contributed by atoms with Crippen LogP contribution in [0.3, 0.4) is 0 Å². The maximum atomic E-state index is 13.5. The van der Waals surface area contributed by atoms with Gasteiger partial charge in [0.15, 0.2) is 5.13 Å². The van der Waals surface area contributed by atoms with Gasteiger partial charge in [0.25, 0.3) is 5.91 Å². The molecule has 0 aliphatic carbocycles. The lowest BCUT2D eigenvalue weighted by Crippen LogP contribution is -2.31. The van der Waals surface area contributed by atoms with Crippen molar-refractivity contribution in [3.05, 3.63) is 75.8 Å². The van der Waals surface area contributed by atoms with Crippen molar-refractivity contribution in [3.8, 4) is 22.5 Å². The summed E-state index contributed by atoms with van der Waals surface area (Å²) in [6, 6.07) is 15.4. The molecule has 30 heavy (non-hydrogen) atoms. The molecule has 0 N–H and O–H groups in total. The zero-order valence-corrected chi connectivity index (χ0v) is 18.4. The van der Waals surface area contributed by atoms with Crippen molar-refractivity contribution in [2.24, 2.45) is 0 Å². The number of aromatic nitrogens is 2. The summed E-state index contributed by atoms with van der Waals surface area (Å²) in [7, 11) is 0. The molecule has 4 aromatic rings. The fraction of sp³-hybridized carbons (Fsp3) is 0.174. The number of rotatable bonds is 5. The molecular formula is C23H20ClN3O2S. The van der Waals surface area contributed by atoms with Gasteiger partial charge in [-0.15, -0.1) is 11.3 Å². The molecule has 0 radical (unpaired) electrons. The van der Waals surface area contributed by atoms with Gasteiger partial charge >= 0.3 is 0 Å². The summed E-state index contributed by atoms with van der Waals surface area (Å²) >= 11 is 7.77. The smallest absolute Gasteiger partial charge is 0.265 e. The second-order valence-corrected chi connectivity index (χ2v) is 8.12. The van der Waals surface area contributed by atoms with E-state index in [4.69, 9.17) is 21.1 Å². The number of amides is 1. The van der Waals surface area contributed by atoms with Gasteiger partial charge in [0.2, 0.25) is 0 Å². The summed E-state index contributed by atoms with van der Waals surface area (Å²) in [6.07, 6.45) is 0. The van der Waals surface area contributed by atoms with Crippen LogP contribution in [0.2, 0.25) is 5.02 Å². The second-order valence-electron chi connectivity index (χ2n) is 6.87. The van der Waals surface area contributed by atoms with E-state index in [2.05, 4.69) is 5.16 Å². The highest BCUT2D eigenvalue weighted by Gasteiger charge is 2.28. The Morgan fingerprint density at radius 3 is 2.57 bits per heavy atom. The number of benzene rings is 2. The number of carbonyl (C=O) groups excluding carboxylic acids is 1. The van der Waals surface area contributed by atoms with Crippen LogP contribution in [0.25, 0.3) is 22.5 Å². The predicted octanol–water partition coefficient (Wildman–Crippen LogP) is 6.40. The first kappa shape index (κ1) is 20.3. The quantitative estimate of drug-likeness (QED) is 0.362. The Labute approximate surface area is 183 Å². The summed E-state index contributed by atoms with van der Waals surface area (Å²) in [5.41, 5.74) is 4.55. The standard InChI is InChI=1S/C23H20ClN3O2S/c1-4-27(23-25-19(13-30-23)16-11-9-14(2)10-12-16)22(28)20-15(3)29-26-21(20)17-7-5-6-8-18(17)24/h5-13H,4H2,1-3H3. The lowest BCUT2D eigenvalue weighted by molar-refractivity contribution is 0.0987. The Morgan fingerprint density at radius 2 is 1.87 bits per heavy atom. The van der Waals surface area contributed by atoms with Gasteiger partial charge in [-0.25, -0.2) is 4.98 Å². The predicted molar refractivity (Wildman–Crippen MR) is 121 cm³/mol. The van der Waals surface area contributed by atoms with Crippen LogP contribution in [0.1, 0.15) is 28.6 Å². The summed E-state index contributed by atoms with van der Waals surface area (Å²) in [5.74, 6) is 0.236. The summed E-state index contributed by atoms with van der Waals surface area (Å²) in [5, 5.41) is 7.22. The van der Waals surface area contributed by atoms with Crippen molar-refractivity contribution in [1.82, 2.24) is 10.1 Å². The molecule has 0 saturated heterocycles. The van der Waals surface area contributed by atoms with Crippen molar-refractivity contribution >= 4 is 34.0 Å². The van der Waals surface area contributed by atoms with E-state index in [1.165, 1.54) is 16.9 Å². The molecule has 0 aliphatic rings. The molecule has 5 nitrogen and oxygen atoms in total. The summed E-state index contributed by atoms with van der Waals surface area (Å²) < 4.78 is 5.37. The molecule has 2 heterocycles. The van der Waals surface area contributed by atoms with Crippen molar-refractivity contribution < 1.29 is 9.32 Å². The molecule has 1 amide bonds. The van der Waals surface area contributed by atoms with Gasteiger partial charge in [0, 0.05) is 23.1 Å². The number of hydrogen-bond donors (Lipinski definition) is 0. The first-order chi connectivity index (χ1) is 14.5. The molecule has 0 bridgehead atoms. The molecule has 2 aromatic carbocycles. The highest BCUT2D eigenvalue weighted by Crippen LogP contribution is 2.34. The van der Waals surface area contributed by atoms with Gasteiger partial charge in [0.1, 0.15) is 17.0 Å². The summed E-state index contributed by atoms with van der Waals surface area (Å²) in [4.78, 5) is 19.9. The van der Waals surface area contributed by atoms with E-state index in [0.717, 1.165) is 11.3 Å². The summed E-state index contributed by atoms with van der Waals surface area (Å²) in [6.45, 7) is 6.16. The van der Waals surface area contributed by atoms with E-state index >= 15 is 0 Å². The Kier molecular flexibility index (Phi) is 5.70. The monoisotopic (exact) mass is 437 g/mol. The van der Waals surface area contributed by atoms with E-state index < -0.39 is 0 Å². The minimum Gasteiger partial charge on any atom is -0.360 e. The fourth-order valence-electron chi connectivity index (χ4n) is 3.21. The van der Waals surface area contributed by atoms with E-state index in [0.29, 0.717) is 39.3 Å². The molecule has 4 rings (SSSR count). The molecule has 2 aromatic heterocycles. The fourth-order valence-corrected chi connectivity index (χ4v) is 4.33. The van der Waals surface area contributed by atoms with Gasteiger partial charge in [-0.3, -0.25) is 9.69 Å². The van der Waals surface area contributed by atoms with E-state index in [1.54, 1.807) is 17.9 Å². The van der Waals surface area contributed by atoms with Crippen LogP contribution in [0.4, 0.5) is 5.13 Å². The van der Waals surface area contributed by atoms with Gasteiger partial charge in [0.05, 0.1) is 10.7 Å². The number of hydrogen-bond acceptors (Lipinski definition) is 5.